The Labute approximate surface area is 114 Å². The summed E-state index contributed by atoms with van der Waals surface area (Å²) in [4.78, 5) is 32.1. The second kappa shape index (κ2) is 4.78. The van der Waals surface area contributed by atoms with E-state index in [2.05, 4.69) is 15.2 Å². The summed E-state index contributed by atoms with van der Waals surface area (Å²) in [6, 6.07) is 0. The summed E-state index contributed by atoms with van der Waals surface area (Å²) in [5, 5.41) is 3.44. The zero-order valence-electron chi connectivity index (χ0n) is 10.5. The van der Waals surface area contributed by atoms with Gasteiger partial charge in [0.25, 0.3) is 5.91 Å². The fourth-order valence-corrected chi connectivity index (χ4v) is 3.13. The van der Waals surface area contributed by atoms with Crippen molar-refractivity contribution in [2.45, 2.75) is 0 Å². The van der Waals surface area contributed by atoms with Crippen LogP contribution in [0.5, 0.6) is 0 Å². The van der Waals surface area contributed by atoms with Gasteiger partial charge in [-0.2, -0.15) is 0 Å². The molecule has 1 N–H and O–H groups in total. The normalized spacial score (nSPS) is 20.1. The molecule has 7 nitrogen and oxygen atoms in total. The van der Waals surface area contributed by atoms with Crippen molar-refractivity contribution in [3.8, 4) is 0 Å². The quantitative estimate of drug-likeness (QED) is 0.785. The topological polar surface area (TPSA) is 74.8 Å². The van der Waals surface area contributed by atoms with Gasteiger partial charge >= 0.3 is 0 Å². The fraction of sp³-hybridized carbons (Fsp3) is 0.545. The van der Waals surface area contributed by atoms with Crippen molar-refractivity contribution < 1.29 is 14.3 Å². The van der Waals surface area contributed by atoms with E-state index in [0.29, 0.717) is 23.9 Å². The van der Waals surface area contributed by atoms with Crippen LogP contribution < -0.4 is 10.2 Å². The molecule has 19 heavy (non-hydrogen) atoms. The summed E-state index contributed by atoms with van der Waals surface area (Å²) in [5.41, 5.74) is 0. The Bertz CT molecular complexity index is 524. The number of rotatable bonds is 1. The maximum atomic E-state index is 12.1. The molecule has 0 spiro atoms. The number of thiazole rings is 1. The number of ether oxygens (including phenoxy) is 1. The number of amides is 2. The molecule has 2 aliphatic heterocycles. The number of nitrogens with one attached hydrogen (secondary N) is 1. The van der Waals surface area contributed by atoms with Crippen LogP contribution in [0.3, 0.4) is 0 Å². The molecule has 0 bridgehead atoms. The average molecular weight is 282 g/mol. The van der Waals surface area contributed by atoms with Crippen LogP contribution in [0.2, 0.25) is 0 Å². The SMILES string of the molecule is CN1CC(=O)Nc2nc(N3CCOCC3)sc2C1=O. The number of fused-ring (bicyclic) bond motifs is 1. The predicted octanol–water partition coefficient (Wildman–Crippen LogP) is 0.00380. The molecule has 0 radical (unpaired) electrons. The summed E-state index contributed by atoms with van der Waals surface area (Å²) in [6.45, 7) is 2.89. The first-order valence-electron chi connectivity index (χ1n) is 6.04. The highest BCUT2D eigenvalue weighted by atomic mass is 32.1. The lowest BCUT2D eigenvalue weighted by Crippen LogP contribution is -2.36. The lowest BCUT2D eigenvalue weighted by molar-refractivity contribution is -0.116. The summed E-state index contributed by atoms with van der Waals surface area (Å²) >= 11 is 1.32. The predicted molar refractivity (Wildman–Crippen MR) is 70.7 cm³/mol. The highest BCUT2D eigenvalue weighted by Gasteiger charge is 2.29. The van der Waals surface area contributed by atoms with Crippen molar-refractivity contribution in [3.63, 3.8) is 0 Å². The summed E-state index contributed by atoms with van der Waals surface area (Å²) in [6.07, 6.45) is 0. The van der Waals surface area contributed by atoms with E-state index >= 15 is 0 Å². The smallest absolute Gasteiger partial charge is 0.268 e. The van der Waals surface area contributed by atoms with Crippen LogP contribution in [0.15, 0.2) is 0 Å². The van der Waals surface area contributed by atoms with Crippen LogP contribution in [0, 0.1) is 0 Å². The number of likely N-dealkylation sites (N-methyl/N-ethyl adjacent to an activating group) is 1. The molecule has 2 aliphatic rings. The van der Waals surface area contributed by atoms with E-state index in [9.17, 15) is 9.59 Å². The third kappa shape index (κ3) is 2.28. The van der Waals surface area contributed by atoms with Crippen LogP contribution in [0.4, 0.5) is 10.9 Å². The maximum absolute atomic E-state index is 12.1. The Morgan fingerprint density at radius 2 is 2.05 bits per heavy atom. The van der Waals surface area contributed by atoms with Crippen LogP contribution >= 0.6 is 11.3 Å². The van der Waals surface area contributed by atoms with Gasteiger partial charge < -0.3 is 19.9 Å². The molecule has 0 saturated carbocycles. The number of nitrogens with zero attached hydrogens (tertiary/aromatic N) is 3. The monoisotopic (exact) mass is 282 g/mol. The van der Waals surface area contributed by atoms with Gasteiger partial charge in [-0.25, -0.2) is 4.98 Å². The number of hydrogen-bond donors (Lipinski definition) is 1. The molecule has 3 rings (SSSR count). The molecule has 0 unspecified atom stereocenters. The number of carbonyl (C=O) groups excluding carboxylic acids is 2. The molecule has 3 heterocycles. The lowest BCUT2D eigenvalue weighted by Gasteiger charge is -2.26. The average Bonchev–Trinajstić information content (AvgIpc) is 2.78. The molecule has 0 atom stereocenters. The molecule has 1 aromatic rings. The molecule has 102 valence electrons. The van der Waals surface area contributed by atoms with E-state index in [1.165, 1.54) is 16.2 Å². The van der Waals surface area contributed by atoms with Crippen LogP contribution in [0.1, 0.15) is 9.67 Å². The zero-order valence-corrected chi connectivity index (χ0v) is 11.3. The van der Waals surface area contributed by atoms with Crippen molar-refractivity contribution in [1.29, 1.82) is 0 Å². The Kier molecular flexibility index (Phi) is 3.11. The van der Waals surface area contributed by atoms with Gasteiger partial charge in [0, 0.05) is 20.1 Å². The number of morpholine rings is 1. The first-order valence-corrected chi connectivity index (χ1v) is 6.85. The third-order valence-electron chi connectivity index (χ3n) is 3.08. The molecule has 1 saturated heterocycles. The summed E-state index contributed by atoms with van der Waals surface area (Å²) in [5.74, 6) is 0.00429. The van der Waals surface area contributed by atoms with Crippen molar-refractivity contribution >= 4 is 34.1 Å². The maximum Gasteiger partial charge on any atom is 0.268 e. The van der Waals surface area contributed by atoms with Gasteiger partial charge in [0.2, 0.25) is 5.91 Å². The zero-order chi connectivity index (χ0) is 13.4. The number of hydrogen-bond acceptors (Lipinski definition) is 6. The van der Waals surface area contributed by atoms with E-state index in [1.807, 2.05) is 0 Å². The van der Waals surface area contributed by atoms with Crippen LogP contribution in [0.25, 0.3) is 0 Å². The number of anilines is 2. The minimum absolute atomic E-state index is 0.0643. The fourth-order valence-electron chi connectivity index (χ4n) is 2.06. The second-order valence-corrected chi connectivity index (χ2v) is 5.46. The molecular formula is C11H14N4O3S. The van der Waals surface area contributed by atoms with Gasteiger partial charge in [-0.1, -0.05) is 11.3 Å². The highest BCUT2D eigenvalue weighted by Crippen LogP contribution is 2.32. The van der Waals surface area contributed by atoms with Gasteiger partial charge in [-0.05, 0) is 0 Å². The first-order chi connectivity index (χ1) is 9.15. The van der Waals surface area contributed by atoms with Crippen molar-refractivity contribution in [3.05, 3.63) is 4.88 Å². The Morgan fingerprint density at radius 1 is 1.32 bits per heavy atom. The first kappa shape index (κ1) is 12.4. The number of carbonyl (C=O) groups is 2. The lowest BCUT2D eigenvalue weighted by atomic mass is 10.4. The van der Waals surface area contributed by atoms with Crippen LogP contribution in [-0.2, 0) is 9.53 Å². The molecule has 1 fully saturated rings. The number of aromatic nitrogens is 1. The minimum atomic E-state index is -0.214. The van der Waals surface area contributed by atoms with E-state index in [1.54, 1.807) is 7.05 Å². The van der Waals surface area contributed by atoms with E-state index in [4.69, 9.17) is 4.74 Å². The van der Waals surface area contributed by atoms with Crippen molar-refractivity contribution in [1.82, 2.24) is 9.88 Å². The van der Waals surface area contributed by atoms with E-state index < -0.39 is 0 Å². The van der Waals surface area contributed by atoms with Crippen LogP contribution in [-0.4, -0.2) is 61.6 Å². The third-order valence-corrected chi connectivity index (χ3v) is 4.18. The summed E-state index contributed by atoms with van der Waals surface area (Å²) in [7, 11) is 1.62. The van der Waals surface area contributed by atoms with E-state index in [-0.39, 0.29) is 18.4 Å². The standard InChI is InChI=1S/C11H14N4O3S/c1-14-6-7(16)12-9-8(10(14)17)19-11(13-9)15-2-4-18-5-3-15/h2-6H2,1H3,(H,12,16). The Morgan fingerprint density at radius 3 is 2.79 bits per heavy atom. The molecule has 1 aromatic heterocycles. The molecular weight excluding hydrogens is 268 g/mol. The second-order valence-electron chi connectivity index (χ2n) is 4.48. The molecule has 2 amide bonds. The summed E-state index contributed by atoms with van der Waals surface area (Å²) < 4.78 is 5.29. The largest absolute Gasteiger partial charge is 0.378 e. The van der Waals surface area contributed by atoms with Gasteiger partial charge in [0.1, 0.15) is 4.88 Å². The van der Waals surface area contributed by atoms with E-state index in [0.717, 1.165) is 18.2 Å². The molecule has 8 heteroatoms. The Hall–Kier alpha value is -1.67. The van der Waals surface area contributed by atoms with Gasteiger partial charge in [0.15, 0.2) is 10.9 Å². The van der Waals surface area contributed by atoms with Crippen molar-refractivity contribution in [2.75, 3.05) is 50.1 Å². The highest BCUT2D eigenvalue weighted by molar-refractivity contribution is 7.18. The minimum Gasteiger partial charge on any atom is -0.378 e. The molecule has 0 aliphatic carbocycles. The van der Waals surface area contributed by atoms with Gasteiger partial charge in [-0.15, -0.1) is 0 Å². The van der Waals surface area contributed by atoms with Gasteiger partial charge in [-0.3, -0.25) is 9.59 Å². The Balaban J connectivity index is 1.93. The van der Waals surface area contributed by atoms with Gasteiger partial charge in [0.05, 0.1) is 19.8 Å². The molecule has 0 aromatic carbocycles. The van der Waals surface area contributed by atoms with Crippen molar-refractivity contribution in [2.24, 2.45) is 0 Å².